The fraction of sp³-hybridized carbons (Fsp3) is 0.759. The van der Waals surface area contributed by atoms with Gasteiger partial charge < -0.3 is 45.1 Å². The van der Waals surface area contributed by atoms with Crippen molar-refractivity contribution < 1.29 is 49.3 Å². The van der Waals surface area contributed by atoms with Gasteiger partial charge in [0.25, 0.3) is 0 Å². The highest BCUT2D eigenvalue weighted by molar-refractivity contribution is 5.80. The van der Waals surface area contributed by atoms with Crippen LogP contribution in [0.25, 0.3) is 0 Å². The van der Waals surface area contributed by atoms with E-state index in [9.17, 15) is 35.1 Å². The molecule has 1 amide bonds. The Morgan fingerprint density at radius 3 is 1.55 bits per heavy atom. The number of allylic oxidation sites excluding steroid dienone is 11. The van der Waals surface area contributed by atoms with E-state index in [0.29, 0.717) is 19.3 Å². The summed E-state index contributed by atoms with van der Waals surface area (Å²) in [6.45, 7) is 5.58. The van der Waals surface area contributed by atoms with Crippen LogP contribution >= 0.6 is 0 Å². The Hall–Kier alpha value is -2.90. The lowest BCUT2D eigenvalue weighted by molar-refractivity contribution is -0.305. The molecule has 0 aromatic carbocycles. The zero-order valence-corrected chi connectivity index (χ0v) is 43.7. The summed E-state index contributed by atoms with van der Waals surface area (Å²) in [7, 11) is 0. The molecule has 398 valence electrons. The molecular weight excluding hydrogens is 871 g/mol. The van der Waals surface area contributed by atoms with E-state index in [2.05, 4.69) is 32.2 Å². The molecule has 0 aliphatic carbocycles. The minimum absolute atomic E-state index is 0.0258. The zero-order valence-electron chi connectivity index (χ0n) is 43.7. The van der Waals surface area contributed by atoms with Gasteiger partial charge in [-0.3, -0.25) is 9.59 Å². The summed E-state index contributed by atoms with van der Waals surface area (Å²) < 4.78 is 17.5. The van der Waals surface area contributed by atoms with Crippen LogP contribution in [0.2, 0.25) is 0 Å². The molecule has 8 unspecified atom stereocenters. The molecule has 8 atom stereocenters. The van der Waals surface area contributed by atoms with Crippen molar-refractivity contribution in [2.75, 3.05) is 13.2 Å². The van der Waals surface area contributed by atoms with Gasteiger partial charge in [0.05, 0.1) is 25.4 Å². The van der Waals surface area contributed by atoms with Crippen LogP contribution in [-0.4, -0.2) is 99.6 Å². The van der Waals surface area contributed by atoms with Crippen LogP contribution in [0.1, 0.15) is 220 Å². The largest absolute Gasteiger partial charge is 0.454 e. The van der Waals surface area contributed by atoms with Crippen molar-refractivity contribution in [2.24, 2.45) is 0 Å². The number of carbonyl (C=O) groups is 2. The van der Waals surface area contributed by atoms with Crippen LogP contribution in [0, 0.1) is 0 Å². The van der Waals surface area contributed by atoms with Crippen LogP contribution in [0.3, 0.4) is 0 Å². The average molecular weight is 972 g/mol. The highest BCUT2D eigenvalue weighted by Crippen LogP contribution is 2.26. The van der Waals surface area contributed by atoms with Gasteiger partial charge in [0.1, 0.15) is 24.4 Å². The van der Waals surface area contributed by atoms with Gasteiger partial charge in [-0.15, -0.1) is 0 Å². The van der Waals surface area contributed by atoms with Gasteiger partial charge in [0.15, 0.2) is 12.4 Å². The van der Waals surface area contributed by atoms with E-state index in [0.717, 1.165) is 44.9 Å². The van der Waals surface area contributed by atoms with Crippen molar-refractivity contribution in [3.8, 4) is 0 Å². The number of hydrogen-bond acceptors (Lipinski definition) is 10. The third-order valence-corrected chi connectivity index (χ3v) is 12.8. The lowest BCUT2D eigenvalue weighted by atomic mass is 9.99. The predicted molar refractivity (Wildman–Crippen MR) is 283 cm³/mol. The first-order valence-corrected chi connectivity index (χ1v) is 27.8. The molecule has 0 saturated carbocycles. The second-order valence-corrected chi connectivity index (χ2v) is 19.1. The molecule has 1 fully saturated rings. The van der Waals surface area contributed by atoms with Gasteiger partial charge in [0.2, 0.25) is 5.91 Å². The van der Waals surface area contributed by atoms with Crippen LogP contribution in [0.15, 0.2) is 72.9 Å². The van der Waals surface area contributed by atoms with Gasteiger partial charge in [-0.25, -0.2) is 0 Å². The lowest BCUT2D eigenvalue weighted by Crippen LogP contribution is -2.61. The molecule has 6 N–H and O–H groups in total. The summed E-state index contributed by atoms with van der Waals surface area (Å²) in [5, 5.41) is 56.7. The van der Waals surface area contributed by atoms with Crippen molar-refractivity contribution in [3.05, 3.63) is 72.9 Å². The number of amides is 1. The zero-order chi connectivity index (χ0) is 50.4. The fourth-order valence-corrected chi connectivity index (χ4v) is 8.33. The van der Waals surface area contributed by atoms with Crippen molar-refractivity contribution in [2.45, 2.75) is 269 Å². The summed E-state index contributed by atoms with van der Waals surface area (Å²) in [5.41, 5.74) is 0. The van der Waals surface area contributed by atoms with Crippen LogP contribution in [-0.2, 0) is 23.8 Å². The number of aliphatic hydroxyl groups is 5. The first-order chi connectivity index (χ1) is 33.7. The molecule has 0 aromatic rings. The fourth-order valence-electron chi connectivity index (χ4n) is 8.33. The van der Waals surface area contributed by atoms with E-state index in [1.807, 2.05) is 60.8 Å². The average Bonchev–Trinajstić information content (AvgIpc) is 3.34. The summed E-state index contributed by atoms with van der Waals surface area (Å²) in [6.07, 6.45) is 46.7. The van der Waals surface area contributed by atoms with Gasteiger partial charge in [0, 0.05) is 6.42 Å². The maximum absolute atomic E-state index is 13.4. The minimum atomic E-state index is -1.64. The Morgan fingerprint density at radius 1 is 0.580 bits per heavy atom. The smallest absolute Gasteiger partial charge is 0.306 e. The first-order valence-electron chi connectivity index (χ1n) is 27.8. The van der Waals surface area contributed by atoms with Crippen molar-refractivity contribution >= 4 is 11.9 Å². The van der Waals surface area contributed by atoms with E-state index in [1.54, 1.807) is 6.08 Å². The molecule has 0 bridgehead atoms. The topological polar surface area (TPSA) is 175 Å². The van der Waals surface area contributed by atoms with Crippen molar-refractivity contribution in [3.63, 3.8) is 0 Å². The second-order valence-electron chi connectivity index (χ2n) is 19.1. The number of aliphatic hydroxyl groups excluding tert-OH is 5. The van der Waals surface area contributed by atoms with Crippen molar-refractivity contribution in [1.82, 2.24) is 5.32 Å². The maximum Gasteiger partial charge on any atom is 0.306 e. The molecule has 0 aromatic heterocycles. The predicted octanol–water partition coefficient (Wildman–Crippen LogP) is 12.1. The van der Waals surface area contributed by atoms with Gasteiger partial charge in [-0.05, 0) is 38.5 Å². The Balaban J connectivity index is 2.80. The molecule has 11 heteroatoms. The normalized spacial score (nSPS) is 20.4. The molecule has 1 heterocycles. The van der Waals surface area contributed by atoms with Crippen LogP contribution in [0.4, 0.5) is 0 Å². The molecule has 1 saturated heterocycles. The number of unbranched alkanes of at least 4 members (excludes halogenated alkanes) is 25. The number of esters is 1. The number of nitrogens with one attached hydrogen (secondary N) is 1. The van der Waals surface area contributed by atoms with Gasteiger partial charge in [-0.1, -0.05) is 248 Å². The summed E-state index contributed by atoms with van der Waals surface area (Å²) in [5.74, 6) is -1.27. The van der Waals surface area contributed by atoms with Gasteiger partial charge >= 0.3 is 5.97 Å². The van der Waals surface area contributed by atoms with E-state index in [-0.39, 0.29) is 19.4 Å². The van der Waals surface area contributed by atoms with E-state index >= 15 is 0 Å². The summed E-state index contributed by atoms with van der Waals surface area (Å²) >= 11 is 0. The Bertz CT molecular complexity index is 1390. The minimum Gasteiger partial charge on any atom is -0.454 e. The highest BCUT2D eigenvalue weighted by atomic mass is 16.7. The van der Waals surface area contributed by atoms with E-state index < -0.39 is 67.4 Å². The van der Waals surface area contributed by atoms with Crippen LogP contribution in [0.5, 0.6) is 0 Å². The Kier molecular flexibility index (Phi) is 42.9. The Morgan fingerprint density at radius 2 is 1.04 bits per heavy atom. The third-order valence-electron chi connectivity index (χ3n) is 12.8. The number of rotatable bonds is 45. The number of carbonyl (C=O) groups excluding carboxylic acids is 2. The third kappa shape index (κ3) is 35.0. The molecular formula is C58H101NO10. The van der Waals surface area contributed by atoms with Crippen LogP contribution < -0.4 is 5.32 Å². The summed E-state index contributed by atoms with van der Waals surface area (Å²) in [6, 6.07) is -1.04. The standard InChI is InChI=1S/C58H101NO10/c1-4-7-10-13-16-19-22-25-28-30-33-36-39-42-45-51(62)57(66)59-49(50(61)44-41-38-35-32-29-26-23-20-17-14-11-8-5-2)48-67-58-56(55(65)54(64)52(47-60)68-58)69-53(63)46-43-40-37-34-31-27-24-21-18-15-12-9-6-3/h9,12,15,18,21,24,27,31,34,37,41,44,49-52,54-56,58,60-62,64-65H,4-8,10-11,13-14,16-17,19-20,22-23,25-26,28-30,32-33,35-36,38-40,42-43,45-48H2,1-3H3,(H,59,66)/b12-9+,18-15+,24-21-,31-27-,37-34+,44-41+. The molecule has 1 aliphatic heterocycles. The van der Waals surface area contributed by atoms with Crippen molar-refractivity contribution in [1.29, 1.82) is 0 Å². The molecule has 1 aliphatic rings. The quantitative estimate of drug-likeness (QED) is 0.0149. The Labute approximate surface area is 420 Å². The molecule has 0 spiro atoms. The lowest BCUT2D eigenvalue weighted by Gasteiger charge is -2.41. The van der Waals surface area contributed by atoms with Gasteiger partial charge in [-0.2, -0.15) is 0 Å². The highest BCUT2D eigenvalue weighted by Gasteiger charge is 2.47. The number of ether oxygens (including phenoxy) is 3. The molecule has 69 heavy (non-hydrogen) atoms. The SMILES string of the molecule is CC/C=C/C=C/C=C\C=C/C=C/CCCC(=O)OC1C(OCC(NC(=O)C(O)CCCCCCCCCCCCCCCC)C(O)/C=C/CCCCCCCCCCCCC)OC(CO)C(O)C1O. The summed E-state index contributed by atoms with van der Waals surface area (Å²) in [4.78, 5) is 26.4. The molecule has 0 radical (unpaired) electrons. The first kappa shape index (κ1) is 64.1. The second kappa shape index (κ2) is 46.2. The monoisotopic (exact) mass is 972 g/mol. The number of hydrogen-bond donors (Lipinski definition) is 6. The maximum atomic E-state index is 13.4. The molecule has 11 nitrogen and oxygen atoms in total. The molecule has 1 rings (SSSR count). The van der Waals surface area contributed by atoms with E-state index in [1.165, 1.54) is 122 Å². The van der Waals surface area contributed by atoms with E-state index in [4.69, 9.17) is 14.2 Å².